The highest BCUT2D eigenvalue weighted by Gasteiger charge is 2.33. The van der Waals surface area contributed by atoms with E-state index in [1.807, 2.05) is 0 Å². The lowest BCUT2D eigenvalue weighted by Gasteiger charge is -2.26. The Kier molecular flexibility index (Phi) is 3.83. The van der Waals surface area contributed by atoms with E-state index in [1.54, 1.807) is 51.1 Å². The molecular formula is C13H18O3. The second kappa shape index (κ2) is 4.76. The van der Waals surface area contributed by atoms with Crippen molar-refractivity contribution in [1.29, 1.82) is 0 Å². The highest BCUT2D eigenvalue weighted by molar-refractivity contribution is 5.88. The van der Waals surface area contributed by atoms with Crippen molar-refractivity contribution in [2.75, 3.05) is 0 Å². The molecular weight excluding hydrogens is 204 g/mol. The van der Waals surface area contributed by atoms with Crippen LogP contribution in [-0.4, -0.2) is 22.1 Å². The third kappa shape index (κ3) is 2.90. The van der Waals surface area contributed by atoms with Crippen LogP contribution in [0.25, 0.3) is 0 Å². The predicted octanol–water partition coefficient (Wildman–Crippen LogP) is 1.70. The lowest BCUT2D eigenvalue weighted by atomic mass is 9.84. The summed E-state index contributed by atoms with van der Waals surface area (Å²) >= 11 is 0. The summed E-state index contributed by atoms with van der Waals surface area (Å²) in [6, 6.07) is 8.63. The van der Waals surface area contributed by atoms with E-state index < -0.39 is 23.4 Å². The molecule has 1 aromatic carbocycles. The minimum absolute atomic E-state index is 0.510. The quantitative estimate of drug-likeness (QED) is 0.818. The lowest BCUT2D eigenvalue weighted by Crippen LogP contribution is -2.37. The molecule has 0 aromatic heterocycles. The Morgan fingerprint density at radius 3 is 2.06 bits per heavy atom. The van der Waals surface area contributed by atoms with E-state index >= 15 is 0 Å². The van der Waals surface area contributed by atoms with E-state index in [0.717, 1.165) is 0 Å². The Morgan fingerprint density at radius 1 is 1.12 bits per heavy atom. The smallest absolute Gasteiger partial charge is 0.194 e. The molecule has 0 bridgehead atoms. The maximum absolute atomic E-state index is 11.8. The van der Waals surface area contributed by atoms with Gasteiger partial charge in [0.25, 0.3) is 0 Å². The first-order valence-electron chi connectivity index (χ1n) is 5.29. The highest BCUT2D eigenvalue weighted by atomic mass is 16.3. The molecule has 0 spiro atoms. The molecule has 0 heterocycles. The summed E-state index contributed by atoms with van der Waals surface area (Å²) in [5.74, 6) is -0.557. The van der Waals surface area contributed by atoms with Crippen LogP contribution in [0.3, 0.4) is 0 Å². The Morgan fingerprint density at radius 2 is 1.62 bits per heavy atom. The number of ketones is 1. The normalized spacial score (nSPS) is 15.6. The van der Waals surface area contributed by atoms with E-state index in [4.69, 9.17) is 0 Å². The Balaban J connectivity index is 2.84. The van der Waals surface area contributed by atoms with E-state index in [-0.39, 0.29) is 0 Å². The standard InChI is InChI=1S/C13H18O3/c1-13(2,3)12(16)11(15)10(14)9-7-5-4-6-8-9/h4-8,10,12,14,16H,1-3H3. The van der Waals surface area contributed by atoms with Crippen LogP contribution in [0, 0.1) is 5.41 Å². The van der Waals surface area contributed by atoms with Crippen molar-refractivity contribution in [3.8, 4) is 0 Å². The van der Waals surface area contributed by atoms with Gasteiger partial charge in [-0.1, -0.05) is 51.1 Å². The molecule has 2 N–H and O–H groups in total. The zero-order chi connectivity index (χ0) is 12.3. The molecule has 0 saturated carbocycles. The van der Waals surface area contributed by atoms with Gasteiger partial charge in [-0.3, -0.25) is 4.79 Å². The van der Waals surface area contributed by atoms with Gasteiger partial charge in [0.05, 0.1) is 0 Å². The van der Waals surface area contributed by atoms with Gasteiger partial charge in [0, 0.05) is 0 Å². The van der Waals surface area contributed by atoms with Gasteiger partial charge in [0.1, 0.15) is 12.2 Å². The lowest BCUT2D eigenvalue weighted by molar-refractivity contribution is -0.141. The molecule has 1 rings (SSSR count). The summed E-state index contributed by atoms with van der Waals surface area (Å²) in [7, 11) is 0. The molecule has 16 heavy (non-hydrogen) atoms. The van der Waals surface area contributed by atoms with Crippen LogP contribution in [0.15, 0.2) is 30.3 Å². The molecule has 1 aromatic rings. The van der Waals surface area contributed by atoms with Crippen molar-refractivity contribution in [2.45, 2.75) is 33.0 Å². The molecule has 0 fully saturated rings. The topological polar surface area (TPSA) is 57.5 Å². The summed E-state index contributed by atoms with van der Waals surface area (Å²) in [5.41, 5.74) is -0.0527. The number of aliphatic hydroxyl groups is 2. The number of Topliss-reactive ketones (excluding diaryl/α,β-unsaturated/α-hetero) is 1. The first-order chi connectivity index (χ1) is 7.34. The van der Waals surface area contributed by atoms with Crippen LogP contribution in [0.4, 0.5) is 0 Å². The van der Waals surface area contributed by atoms with Crippen molar-refractivity contribution in [3.63, 3.8) is 0 Å². The number of carbonyl (C=O) groups is 1. The average molecular weight is 222 g/mol. The van der Waals surface area contributed by atoms with Gasteiger partial charge < -0.3 is 10.2 Å². The minimum Gasteiger partial charge on any atom is -0.385 e. The second-order valence-corrected chi connectivity index (χ2v) is 4.98. The molecule has 3 heteroatoms. The number of hydrogen-bond acceptors (Lipinski definition) is 3. The molecule has 0 aliphatic heterocycles. The van der Waals surface area contributed by atoms with Crippen LogP contribution in [0.1, 0.15) is 32.4 Å². The third-order valence-electron chi connectivity index (χ3n) is 2.47. The van der Waals surface area contributed by atoms with Crippen LogP contribution in [0.2, 0.25) is 0 Å². The van der Waals surface area contributed by atoms with Crippen molar-refractivity contribution >= 4 is 5.78 Å². The fraction of sp³-hybridized carbons (Fsp3) is 0.462. The third-order valence-corrected chi connectivity index (χ3v) is 2.47. The van der Waals surface area contributed by atoms with Gasteiger partial charge in [-0.25, -0.2) is 0 Å². The highest BCUT2D eigenvalue weighted by Crippen LogP contribution is 2.25. The van der Waals surface area contributed by atoms with Gasteiger partial charge >= 0.3 is 0 Å². The Hall–Kier alpha value is -1.19. The minimum atomic E-state index is -1.25. The number of hydrogen-bond donors (Lipinski definition) is 2. The maximum Gasteiger partial charge on any atom is 0.194 e. The fourth-order valence-corrected chi connectivity index (χ4v) is 1.38. The molecule has 0 amide bonds. The number of aliphatic hydroxyl groups excluding tert-OH is 2. The van der Waals surface area contributed by atoms with Crippen LogP contribution in [-0.2, 0) is 4.79 Å². The zero-order valence-corrected chi connectivity index (χ0v) is 9.84. The molecule has 0 aliphatic carbocycles. The molecule has 88 valence electrons. The summed E-state index contributed by atoms with van der Waals surface area (Å²) < 4.78 is 0. The molecule has 3 nitrogen and oxygen atoms in total. The Labute approximate surface area is 95.7 Å². The first-order valence-corrected chi connectivity index (χ1v) is 5.29. The van der Waals surface area contributed by atoms with E-state index in [2.05, 4.69) is 0 Å². The monoisotopic (exact) mass is 222 g/mol. The van der Waals surface area contributed by atoms with Crippen LogP contribution < -0.4 is 0 Å². The Bertz CT molecular complexity index is 351. The first kappa shape index (κ1) is 12.9. The van der Waals surface area contributed by atoms with Gasteiger partial charge in [-0.05, 0) is 11.0 Å². The molecule has 0 saturated heterocycles. The fourth-order valence-electron chi connectivity index (χ4n) is 1.38. The van der Waals surface area contributed by atoms with Gasteiger partial charge in [0.15, 0.2) is 5.78 Å². The van der Waals surface area contributed by atoms with E-state index in [9.17, 15) is 15.0 Å². The number of benzene rings is 1. The SMILES string of the molecule is CC(C)(C)C(O)C(=O)C(O)c1ccccc1. The van der Waals surface area contributed by atoms with Crippen molar-refractivity contribution in [1.82, 2.24) is 0 Å². The molecule has 0 radical (unpaired) electrons. The average Bonchev–Trinajstić information content (AvgIpc) is 2.26. The van der Waals surface area contributed by atoms with Crippen molar-refractivity contribution in [2.24, 2.45) is 5.41 Å². The van der Waals surface area contributed by atoms with Crippen molar-refractivity contribution in [3.05, 3.63) is 35.9 Å². The maximum atomic E-state index is 11.8. The summed E-state index contributed by atoms with van der Waals surface area (Å²) in [4.78, 5) is 11.8. The summed E-state index contributed by atoms with van der Waals surface area (Å²) in [5, 5.41) is 19.6. The van der Waals surface area contributed by atoms with Crippen LogP contribution >= 0.6 is 0 Å². The van der Waals surface area contributed by atoms with Gasteiger partial charge in [0.2, 0.25) is 0 Å². The summed E-state index contributed by atoms with van der Waals surface area (Å²) in [6.45, 7) is 5.27. The second-order valence-electron chi connectivity index (χ2n) is 4.98. The van der Waals surface area contributed by atoms with Gasteiger partial charge in [-0.15, -0.1) is 0 Å². The van der Waals surface area contributed by atoms with Gasteiger partial charge in [-0.2, -0.15) is 0 Å². The van der Waals surface area contributed by atoms with Crippen molar-refractivity contribution < 1.29 is 15.0 Å². The largest absolute Gasteiger partial charge is 0.385 e. The molecule has 2 unspecified atom stereocenters. The molecule has 0 aliphatic rings. The number of rotatable bonds is 3. The zero-order valence-electron chi connectivity index (χ0n) is 9.84. The van der Waals surface area contributed by atoms with E-state index in [1.165, 1.54) is 0 Å². The predicted molar refractivity (Wildman–Crippen MR) is 61.9 cm³/mol. The van der Waals surface area contributed by atoms with Crippen LogP contribution in [0.5, 0.6) is 0 Å². The number of carbonyl (C=O) groups excluding carboxylic acids is 1. The summed E-state index contributed by atoms with van der Waals surface area (Å²) in [6.07, 6.45) is -2.42. The molecule has 2 atom stereocenters. The van der Waals surface area contributed by atoms with E-state index in [0.29, 0.717) is 5.56 Å².